The Morgan fingerprint density at radius 2 is 1.90 bits per heavy atom. The van der Waals surface area contributed by atoms with E-state index in [2.05, 4.69) is 20.9 Å². The summed E-state index contributed by atoms with van der Waals surface area (Å²) in [5.41, 5.74) is 1.76. The van der Waals surface area contributed by atoms with Gasteiger partial charge in [-0.2, -0.15) is 5.26 Å². The van der Waals surface area contributed by atoms with Crippen LogP contribution in [0.1, 0.15) is 5.56 Å². The van der Waals surface area contributed by atoms with Crippen molar-refractivity contribution in [2.24, 2.45) is 0 Å². The highest BCUT2D eigenvalue weighted by molar-refractivity contribution is 9.10. The van der Waals surface area contributed by atoms with Crippen molar-refractivity contribution >= 4 is 27.5 Å². The average Bonchev–Trinajstić information content (AvgIpc) is 2.48. The van der Waals surface area contributed by atoms with E-state index in [1.807, 2.05) is 12.1 Å². The Labute approximate surface area is 130 Å². The minimum Gasteiger partial charge on any atom is -0.493 e. The molecule has 0 amide bonds. The van der Waals surface area contributed by atoms with E-state index >= 15 is 0 Å². The first kappa shape index (κ1) is 14.6. The summed E-state index contributed by atoms with van der Waals surface area (Å²) in [6.07, 6.45) is 0. The fourth-order valence-electron chi connectivity index (χ4n) is 1.73. The van der Waals surface area contributed by atoms with Gasteiger partial charge >= 0.3 is 0 Å². The summed E-state index contributed by atoms with van der Waals surface area (Å²) in [6, 6.07) is 9.06. The summed E-state index contributed by atoms with van der Waals surface area (Å²) in [5, 5.41) is 9.09. The standard InChI is InChI=1S/C14H10BrClN2O2/c1-19-11-4-3-8(6-12(11)20-2)13-10(15)5-9(7-17)14(16)18-13/h3-6H,1-2H3. The van der Waals surface area contributed by atoms with Crippen LogP contribution in [0.4, 0.5) is 0 Å². The maximum absolute atomic E-state index is 8.92. The highest BCUT2D eigenvalue weighted by atomic mass is 79.9. The van der Waals surface area contributed by atoms with Gasteiger partial charge in [0.1, 0.15) is 11.2 Å². The number of hydrogen-bond acceptors (Lipinski definition) is 4. The molecule has 0 saturated heterocycles. The van der Waals surface area contributed by atoms with E-state index in [1.54, 1.807) is 32.4 Å². The van der Waals surface area contributed by atoms with Gasteiger partial charge in [0, 0.05) is 10.0 Å². The zero-order chi connectivity index (χ0) is 14.7. The zero-order valence-corrected chi connectivity index (χ0v) is 13.1. The van der Waals surface area contributed by atoms with Crippen molar-refractivity contribution in [3.63, 3.8) is 0 Å². The summed E-state index contributed by atoms with van der Waals surface area (Å²) in [6.45, 7) is 0. The zero-order valence-electron chi connectivity index (χ0n) is 10.8. The van der Waals surface area contributed by atoms with Gasteiger partial charge in [-0.05, 0) is 40.2 Å². The Morgan fingerprint density at radius 1 is 1.20 bits per heavy atom. The summed E-state index contributed by atoms with van der Waals surface area (Å²) < 4.78 is 11.1. The summed E-state index contributed by atoms with van der Waals surface area (Å²) in [7, 11) is 3.14. The van der Waals surface area contributed by atoms with E-state index in [0.717, 1.165) is 5.56 Å². The van der Waals surface area contributed by atoms with Crippen molar-refractivity contribution in [3.8, 4) is 28.8 Å². The molecule has 1 aromatic heterocycles. The molecule has 2 aromatic rings. The number of methoxy groups -OCH3 is 2. The van der Waals surface area contributed by atoms with E-state index in [4.69, 9.17) is 26.3 Å². The average molecular weight is 354 g/mol. The molecule has 2 rings (SSSR count). The Bertz CT molecular complexity index is 698. The highest BCUT2D eigenvalue weighted by Crippen LogP contribution is 2.35. The second-order valence-corrected chi connectivity index (χ2v) is 5.05. The Morgan fingerprint density at radius 3 is 2.50 bits per heavy atom. The van der Waals surface area contributed by atoms with Crippen LogP contribution in [0, 0.1) is 11.3 Å². The molecule has 4 nitrogen and oxygen atoms in total. The maximum Gasteiger partial charge on any atom is 0.161 e. The third kappa shape index (κ3) is 2.72. The second kappa shape index (κ2) is 6.12. The van der Waals surface area contributed by atoms with Crippen LogP contribution in [0.15, 0.2) is 28.7 Å². The minimum atomic E-state index is 0.167. The normalized spacial score (nSPS) is 9.95. The molecular weight excluding hydrogens is 344 g/mol. The monoisotopic (exact) mass is 352 g/mol. The number of pyridine rings is 1. The van der Waals surface area contributed by atoms with Crippen molar-refractivity contribution in [3.05, 3.63) is 39.5 Å². The van der Waals surface area contributed by atoms with Crippen LogP contribution in [0.25, 0.3) is 11.3 Å². The Kier molecular flexibility index (Phi) is 4.48. The lowest BCUT2D eigenvalue weighted by atomic mass is 10.1. The lowest BCUT2D eigenvalue weighted by Gasteiger charge is -2.10. The van der Waals surface area contributed by atoms with Crippen LogP contribution in [0.2, 0.25) is 5.15 Å². The summed E-state index contributed by atoms with van der Waals surface area (Å²) >= 11 is 9.37. The van der Waals surface area contributed by atoms with E-state index in [0.29, 0.717) is 27.2 Å². The number of hydrogen-bond donors (Lipinski definition) is 0. The van der Waals surface area contributed by atoms with Crippen molar-refractivity contribution in [2.45, 2.75) is 0 Å². The van der Waals surface area contributed by atoms with E-state index < -0.39 is 0 Å². The molecular formula is C14H10BrClN2O2. The Hall–Kier alpha value is -1.77. The second-order valence-electron chi connectivity index (χ2n) is 3.84. The van der Waals surface area contributed by atoms with Crippen LogP contribution < -0.4 is 9.47 Å². The smallest absolute Gasteiger partial charge is 0.161 e. The number of benzene rings is 1. The number of nitriles is 1. The molecule has 6 heteroatoms. The first-order valence-electron chi connectivity index (χ1n) is 5.59. The number of nitrogens with zero attached hydrogens (tertiary/aromatic N) is 2. The number of halogens is 2. The van der Waals surface area contributed by atoms with Gasteiger partial charge < -0.3 is 9.47 Å². The molecule has 0 saturated carbocycles. The van der Waals surface area contributed by atoms with Gasteiger partial charge in [-0.15, -0.1) is 0 Å². The molecule has 20 heavy (non-hydrogen) atoms. The van der Waals surface area contributed by atoms with Gasteiger partial charge in [-0.25, -0.2) is 4.98 Å². The van der Waals surface area contributed by atoms with Crippen molar-refractivity contribution in [1.82, 2.24) is 4.98 Å². The van der Waals surface area contributed by atoms with E-state index in [-0.39, 0.29) is 5.15 Å². The van der Waals surface area contributed by atoms with Crippen molar-refractivity contribution in [2.75, 3.05) is 14.2 Å². The lowest BCUT2D eigenvalue weighted by Crippen LogP contribution is -1.93. The van der Waals surface area contributed by atoms with Crippen LogP contribution in [0.3, 0.4) is 0 Å². The van der Waals surface area contributed by atoms with Gasteiger partial charge in [-0.3, -0.25) is 0 Å². The first-order valence-corrected chi connectivity index (χ1v) is 6.76. The van der Waals surface area contributed by atoms with E-state index in [1.165, 1.54) is 0 Å². The molecule has 0 aliphatic rings. The molecule has 1 aromatic carbocycles. The summed E-state index contributed by atoms with van der Waals surface area (Å²) in [5.74, 6) is 1.23. The predicted molar refractivity (Wildman–Crippen MR) is 80.2 cm³/mol. The molecule has 0 radical (unpaired) electrons. The largest absolute Gasteiger partial charge is 0.493 e. The summed E-state index contributed by atoms with van der Waals surface area (Å²) in [4.78, 5) is 4.24. The molecule has 0 aliphatic heterocycles. The number of aromatic nitrogens is 1. The number of rotatable bonds is 3. The van der Waals surface area contributed by atoms with Crippen LogP contribution in [-0.4, -0.2) is 19.2 Å². The lowest BCUT2D eigenvalue weighted by molar-refractivity contribution is 0.355. The minimum absolute atomic E-state index is 0.167. The van der Waals surface area contributed by atoms with Crippen molar-refractivity contribution < 1.29 is 9.47 Å². The molecule has 0 aliphatic carbocycles. The Balaban J connectivity index is 2.57. The molecule has 1 heterocycles. The fraction of sp³-hybridized carbons (Fsp3) is 0.143. The molecule has 0 fully saturated rings. The molecule has 102 valence electrons. The van der Waals surface area contributed by atoms with Crippen molar-refractivity contribution in [1.29, 1.82) is 5.26 Å². The third-order valence-electron chi connectivity index (χ3n) is 2.71. The molecule has 0 bridgehead atoms. The van der Waals surface area contributed by atoms with Crippen LogP contribution in [-0.2, 0) is 0 Å². The molecule has 0 atom stereocenters. The van der Waals surface area contributed by atoms with Gasteiger partial charge in [0.25, 0.3) is 0 Å². The maximum atomic E-state index is 8.92. The SMILES string of the molecule is COc1ccc(-c2nc(Cl)c(C#N)cc2Br)cc1OC. The number of ether oxygens (including phenoxy) is 2. The van der Waals surface area contributed by atoms with Crippen LogP contribution in [0.5, 0.6) is 11.5 Å². The molecule has 0 spiro atoms. The van der Waals surface area contributed by atoms with Gasteiger partial charge in [0.15, 0.2) is 11.5 Å². The fourth-order valence-corrected chi connectivity index (χ4v) is 2.46. The van der Waals surface area contributed by atoms with Gasteiger partial charge in [0.2, 0.25) is 0 Å². The molecule has 0 unspecified atom stereocenters. The predicted octanol–water partition coefficient (Wildman–Crippen LogP) is 4.05. The topological polar surface area (TPSA) is 55.1 Å². The third-order valence-corrected chi connectivity index (χ3v) is 3.60. The van der Waals surface area contributed by atoms with Gasteiger partial charge in [0.05, 0.1) is 25.5 Å². The van der Waals surface area contributed by atoms with Gasteiger partial charge in [-0.1, -0.05) is 11.6 Å². The quantitative estimate of drug-likeness (QED) is 0.781. The van der Waals surface area contributed by atoms with E-state index in [9.17, 15) is 0 Å². The van der Waals surface area contributed by atoms with Crippen LogP contribution >= 0.6 is 27.5 Å². The highest BCUT2D eigenvalue weighted by Gasteiger charge is 2.13. The molecule has 0 N–H and O–H groups in total. The first-order chi connectivity index (χ1) is 9.60.